The lowest BCUT2D eigenvalue weighted by molar-refractivity contribution is 0.0520. The fourth-order valence-electron chi connectivity index (χ4n) is 2.32. The molecule has 3 heteroatoms. The maximum atomic E-state index is 5.77. The van der Waals surface area contributed by atoms with E-state index in [0.29, 0.717) is 24.0 Å². The van der Waals surface area contributed by atoms with Gasteiger partial charge in [-0.15, -0.1) is 0 Å². The lowest BCUT2D eigenvalue weighted by atomic mass is 9.93. The van der Waals surface area contributed by atoms with Crippen molar-refractivity contribution < 1.29 is 9.47 Å². The molecule has 0 aliphatic carbocycles. The normalized spacial score (nSPS) is 27.6. The van der Waals surface area contributed by atoms with Crippen LogP contribution in [0.2, 0.25) is 0 Å². The third-order valence-electron chi connectivity index (χ3n) is 3.22. The summed E-state index contributed by atoms with van der Waals surface area (Å²) in [5, 5.41) is 3.54. The molecule has 16 heavy (non-hydrogen) atoms. The third-order valence-corrected chi connectivity index (χ3v) is 3.22. The van der Waals surface area contributed by atoms with Crippen LogP contribution in [-0.2, 0) is 9.47 Å². The van der Waals surface area contributed by atoms with E-state index in [9.17, 15) is 0 Å². The molecule has 0 spiro atoms. The second-order valence-electron chi connectivity index (χ2n) is 5.10. The van der Waals surface area contributed by atoms with Crippen molar-refractivity contribution in [3.05, 3.63) is 0 Å². The minimum atomic E-state index is 0.437. The van der Waals surface area contributed by atoms with Gasteiger partial charge in [-0.25, -0.2) is 0 Å². The van der Waals surface area contributed by atoms with Gasteiger partial charge in [-0.3, -0.25) is 0 Å². The predicted octanol–water partition coefficient (Wildman–Crippen LogP) is 2.06. The Morgan fingerprint density at radius 1 is 1.38 bits per heavy atom. The molecule has 0 aromatic carbocycles. The summed E-state index contributed by atoms with van der Waals surface area (Å²) >= 11 is 0. The Balaban J connectivity index is 2.20. The molecule has 0 radical (unpaired) electrons. The van der Waals surface area contributed by atoms with Crippen LogP contribution in [-0.4, -0.2) is 38.5 Å². The molecule has 3 unspecified atom stereocenters. The van der Waals surface area contributed by atoms with Gasteiger partial charge >= 0.3 is 0 Å². The molecule has 1 heterocycles. The Bertz CT molecular complexity index is 185. The van der Waals surface area contributed by atoms with Crippen molar-refractivity contribution in [2.45, 2.75) is 46.3 Å². The monoisotopic (exact) mass is 229 g/mol. The van der Waals surface area contributed by atoms with Crippen molar-refractivity contribution in [1.29, 1.82) is 0 Å². The topological polar surface area (TPSA) is 30.5 Å². The first-order valence-electron chi connectivity index (χ1n) is 6.57. The Kier molecular flexibility index (Phi) is 6.32. The summed E-state index contributed by atoms with van der Waals surface area (Å²) in [6.45, 7) is 12.3. The highest BCUT2D eigenvalue weighted by Crippen LogP contribution is 2.26. The van der Waals surface area contributed by atoms with Gasteiger partial charge < -0.3 is 14.8 Å². The fraction of sp³-hybridized carbons (Fsp3) is 1.00. The van der Waals surface area contributed by atoms with E-state index in [-0.39, 0.29) is 0 Å². The second-order valence-corrected chi connectivity index (χ2v) is 5.10. The number of rotatable bonds is 7. The first kappa shape index (κ1) is 13.9. The van der Waals surface area contributed by atoms with Gasteiger partial charge in [0.05, 0.1) is 12.7 Å². The highest BCUT2D eigenvalue weighted by molar-refractivity contribution is 4.81. The van der Waals surface area contributed by atoms with Crippen molar-refractivity contribution in [3.63, 3.8) is 0 Å². The predicted molar refractivity (Wildman–Crippen MR) is 66.6 cm³/mol. The Morgan fingerprint density at radius 2 is 2.12 bits per heavy atom. The van der Waals surface area contributed by atoms with E-state index < -0.39 is 0 Å². The molecule has 1 rings (SSSR count). The number of hydrogen-bond acceptors (Lipinski definition) is 3. The standard InChI is InChI=1S/C13H27NO2/c1-5-15-9-11(4)14-8-12-6-7-16-13(12)10(2)3/h10-14H,5-9H2,1-4H3. The molecule has 3 atom stereocenters. The van der Waals surface area contributed by atoms with E-state index >= 15 is 0 Å². The maximum Gasteiger partial charge on any atom is 0.0639 e. The Labute approximate surface area is 99.9 Å². The zero-order valence-corrected chi connectivity index (χ0v) is 11.2. The Morgan fingerprint density at radius 3 is 2.75 bits per heavy atom. The van der Waals surface area contributed by atoms with Crippen molar-refractivity contribution in [2.75, 3.05) is 26.4 Å². The van der Waals surface area contributed by atoms with Crippen molar-refractivity contribution in [3.8, 4) is 0 Å². The van der Waals surface area contributed by atoms with Gasteiger partial charge in [0.1, 0.15) is 0 Å². The Hall–Kier alpha value is -0.120. The molecule has 0 amide bonds. The van der Waals surface area contributed by atoms with E-state index in [2.05, 4.69) is 26.1 Å². The van der Waals surface area contributed by atoms with E-state index in [0.717, 1.165) is 26.4 Å². The van der Waals surface area contributed by atoms with Crippen molar-refractivity contribution >= 4 is 0 Å². The number of nitrogens with one attached hydrogen (secondary N) is 1. The van der Waals surface area contributed by atoms with Crippen LogP contribution in [0.25, 0.3) is 0 Å². The molecule has 0 aromatic rings. The summed E-state index contributed by atoms with van der Waals surface area (Å²) in [6, 6.07) is 0.438. The maximum absolute atomic E-state index is 5.77. The van der Waals surface area contributed by atoms with Gasteiger partial charge in [0.25, 0.3) is 0 Å². The molecule has 0 aromatic heterocycles. The average Bonchev–Trinajstić information content (AvgIpc) is 2.71. The third kappa shape index (κ3) is 4.40. The van der Waals surface area contributed by atoms with Crippen molar-refractivity contribution in [2.24, 2.45) is 11.8 Å². The van der Waals surface area contributed by atoms with Gasteiger partial charge in [-0.1, -0.05) is 13.8 Å². The van der Waals surface area contributed by atoms with E-state index in [1.807, 2.05) is 6.92 Å². The molecule has 1 N–H and O–H groups in total. The summed E-state index contributed by atoms with van der Waals surface area (Å²) in [4.78, 5) is 0. The van der Waals surface area contributed by atoms with Gasteiger partial charge in [-0.2, -0.15) is 0 Å². The van der Waals surface area contributed by atoms with Crippen LogP contribution in [0.3, 0.4) is 0 Å². The van der Waals surface area contributed by atoms with Crippen LogP contribution in [0.1, 0.15) is 34.1 Å². The molecular weight excluding hydrogens is 202 g/mol. The van der Waals surface area contributed by atoms with Crippen LogP contribution in [0.5, 0.6) is 0 Å². The molecule has 0 bridgehead atoms. The van der Waals surface area contributed by atoms with E-state index in [1.165, 1.54) is 6.42 Å². The zero-order valence-electron chi connectivity index (χ0n) is 11.2. The van der Waals surface area contributed by atoms with Gasteiger partial charge in [-0.05, 0) is 32.1 Å². The van der Waals surface area contributed by atoms with Gasteiger partial charge in [0, 0.05) is 25.8 Å². The minimum absolute atomic E-state index is 0.437. The summed E-state index contributed by atoms with van der Waals surface area (Å²) in [7, 11) is 0. The molecule has 1 aliphatic rings. The molecule has 3 nitrogen and oxygen atoms in total. The largest absolute Gasteiger partial charge is 0.380 e. The van der Waals surface area contributed by atoms with Crippen LogP contribution in [0.4, 0.5) is 0 Å². The minimum Gasteiger partial charge on any atom is -0.380 e. The van der Waals surface area contributed by atoms with Crippen molar-refractivity contribution in [1.82, 2.24) is 5.32 Å². The summed E-state index contributed by atoms with van der Waals surface area (Å²) in [6.07, 6.45) is 1.63. The van der Waals surface area contributed by atoms with Crippen LogP contribution < -0.4 is 5.32 Å². The fourth-order valence-corrected chi connectivity index (χ4v) is 2.32. The van der Waals surface area contributed by atoms with Gasteiger partial charge in [0.2, 0.25) is 0 Å². The SMILES string of the molecule is CCOCC(C)NCC1CCOC1C(C)C. The lowest BCUT2D eigenvalue weighted by Crippen LogP contribution is -2.38. The zero-order chi connectivity index (χ0) is 12.0. The molecule has 1 saturated heterocycles. The molecule has 1 fully saturated rings. The summed E-state index contributed by atoms with van der Waals surface area (Å²) in [5.41, 5.74) is 0. The second kappa shape index (κ2) is 7.25. The highest BCUT2D eigenvalue weighted by Gasteiger charge is 2.30. The number of ether oxygens (including phenoxy) is 2. The summed E-state index contributed by atoms with van der Waals surface area (Å²) in [5.74, 6) is 1.29. The smallest absolute Gasteiger partial charge is 0.0639 e. The molecule has 0 saturated carbocycles. The van der Waals surface area contributed by atoms with Crippen LogP contribution >= 0.6 is 0 Å². The molecule has 1 aliphatic heterocycles. The van der Waals surface area contributed by atoms with E-state index in [4.69, 9.17) is 9.47 Å². The molecular formula is C13H27NO2. The summed E-state index contributed by atoms with van der Waals surface area (Å²) < 4.78 is 11.2. The van der Waals surface area contributed by atoms with E-state index in [1.54, 1.807) is 0 Å². The van der Waals surface area contributed by atoms with Crippen LogP contribution in [0, 0.1) is 11.8 Å². The first-order chi connectivity index (χ1) is 7.65. The molecule has 96 valence electrons. The lowest BCUT2D eigenvalue weighted by Gasteiger charge is -2.24. The first-order valence-corrected chi connectivity index (χ1v) is 6.57. The average molecular weight is 229 g/mol. The van der Waals surface area contributed by atoms with Crippen LogP contribution in [0.15, 0.2) is 0 Å². The highest BCUT2D eigenvalue weighted by atomic mass is 16.5. The van der Waals surface area contributed by atoms with Gasteiger partial charge in [0.15, 0.2) is 0 Å². The quantitative estimate of drug-likeness (QED) is 0.725. The number of hydrogen-bond donors (Lipinski definition) is 1.